The van der Waals surface area contributed by atoms with Gasteiger partial charge in [-0.3, -0.25) is 14.0 Å². The maximum Gasteiger partial charge on any atom is 0.291 e. The van der Waals surface area contributed by atoms with E-state index in [4.69, 9.17) is 4.42 Å². The van der Waals surface area contributed by atoms with Gasteiger partial charge >= 0.3 is 0 Å². The number of fused-ring (bicyclic) bond motifs is 3. The summed E-state index contributed by atoms with van der Waals surface area (Å²) in [6, 6.07) is 7.48. The first-order valence-corrected chi connectivity index (χ1v) is 8.77. The van der Waals surface area contributed by atoms with Crippen LogP contribution >= 0.6 is 11.3 Å². The molecule has 0 spiro atoms. The molecule has 25 heavy (non-hydrogen) atoms. The van der Waals surface area contributed by atoms with E-state index in [9.17, 15) is 9.59 Å². The zero-order valence-corrected chi connectivity index (χ0v) is 14.4. The lowest BCUT2D eigenvalue weighted by Gasteiger charge is -2.09. The molecule has 0 aliphatic carbocycles. The SMILES string of the molecule is Cc1nn(CC(=O)NCCc2ccco2)c(=O)c2cc3sccc3n12. The van der Waals surface area contributed by atoms with Crippen molar-refractivity contribution in [2.24, 2.45) is 0 Å². The van der Waals surface area contributed by atoms with Gasteiger partial charge in [-0.2, -0.15) is 5.10 Å². The minimum atomic E-state index is -0.268. The summed E-state index contributed by atoms with van der Waals surface area (Å²) in [6.45, 7) is 2.17. The molecule has 0 saturated carbocycles. The molecule has 0 aliphatic heterocycles. The van der Waals surface area contributed by atoms with E-state index in [-0.39, 0.29) is 18.0 Å². The number of nitrogens with one attached hydrogen (secondary N) is 1. The van der Waals surface area contributed by atoms with Gasteiger partial charge in [0.1, 0.15) is 23.6 Å². The van der Waals surface area contributed by atoms with Gasteiger partial charge in [0.05, 0.1) is 16.5 Å². The van der Waals surface area contributed by atoms with Gasteiger partial charge in [0.25, 0.3) is 5.56 Å². The summed E-state index contributed by atoms with van der Waals surface area (Å²) < 4.78 is 9.30. The van der Waals surface area contributed by atoms with Crippen molar-refractivity contribution in [2.75, 3.05) is 6.54 Å². The Morgan fingerprint density at radius 1 is 1.36 bits per heavy atom. The van der Waals surface area contributed by atoms with Crippen LogP contribution in [0, 0.1) is 6.92 Å². The van der Waals surface area contributed by atoms with Crippen LogP contribution in [-0.2, 0) is 17.8 Å². The smallest absolute Gasteiger partial charge is 0.291 e. The zero-order chi connectivity index (χ0) is 17.4. The molecule has 0 atom stereocenters. The topological polar surface area (TPSA) is 81.5 Å². The maximum atomic E-state index is 12.6. The lowest BCUT2D eigenvalue weighted by atomic mass is 10.3. The fourth-order valence-electron chi connectivity index (χ4n) is 2.91. The van der Waals surface area contributed by atoms with Gasteiger partial charge < -0.3 is 9.73 Å². The highest BCUT2D eigenvalue weighted by Gasteiger charge is 2.14. The number of thiophene rings is 1. The van der Waals surface area contributed by atoms with Crippen LogP contribution < -0.4 is 10.9 Å². The molecule has 4 aromatic rings. The Balaban J connectivity index is 1.53. The Bertz CT molecular complexity index is 1100. The lowest BCUT2D eigenvalue weighted by Crippen LogP contribution is -2.35. The Morgan fingerprint density at radius 3 is 3.04 bits per heavy atom. The van der Waals surface area contributed by atoms with Crippen LogP contribution in [0.5, 0.6) is 0 Å². The molecule has 0 saturated heterocycles. The Kier molecular flexibility index (Phi) is 3.89. The van der Waals surface area contributed by atoms with E-state index < -0.39 is 0 Å². The summed E-state index contributed by atoms with van der Waals surface area (Å²) in [5.41, 5.74) is 1.24. The van der Waals surface area contributed by atoms with Crippen molar-refractivity contribution >= 4 is 33.0 Å². The molecule has 128 valence electrons. The third-order valence-corrected chi connectivity index (χ3v) is 4.89. The number of carbonyl (C=O) groups excluding carboxylic acids is 1. The normalized spacial score (nSPS) is 11.4. The highest BCUT2D eigenvalue weighted by Crippen LogP contribution is 2.24. The van der Waals surface area contributed by atoms with Crippen LogP contribution in [0.1, 0.15) is 11.6 Å². The molecule has 1 N–H and O–H groups in total. The first kappa shape index (κ1) is 15.6. The van der Waals surface area contributed by atoms with E-state index >= 15 is 0 Å². The molecule has 0 bridgehead atoms. The van der Waals surface area contributed by atoms with Crippen molar-refractivity contribution in [1.82, 2.24) is 19.5 Å². The molecular formula is C17H16N4O3S. The molecule has 8 heteroatoms. The third-order valence-electron chi connectivity index (χ3n) is 4.03. The Hall–Kier alpha value is -2.87. The van der Waals surface area contributed by atoms with Gasteiger partial charge in [0.2, 0.25) is 5.91 Å². The second kappa shape index (κ2) is 6.21. The van der Waals surface area contributed by atoms with E-state index in [1.165, 1.54) is 4.68 Å². The van der Waals surface area contributed by atoms with Gasteiger partial charge in [-0.25, -0.2) is 4.68 Å². The summed E-state index contributed by atoms with van der Waals surface area (Å²) >= 11 is 1.58. The molecule has 1 amide bonds. The molecule has 0 aromatic carbocycles. The number of aromatic nitrogens is 3. The second-order valence-corrected chi connectivity index (χ2v) is 6.67. The van der Waals surface area contributed by atoms with Crippen LogP contribution in [0.25, 0.3) is 15.7 Å². The van der Waals surface area contributed by atoms with Crippen LogP contribution in [0.2, 0.25) is 0 Å². The summed E-state index contributed by atoms with van der Waals surface area (Å²) in [4.78, 5) is 24.8. The minimum Gasteiger partial charge on any atom is -0.469 e. The first-order chi connectivity index (χ1) is 12.1. The van der Waals surface area contributed by atoms with Crippen molar-refractivity contribution in [2.45, 2.75) is 19.9 Å². The molecule has 7 nitrogen and oxygen atoms in total. The average Bonchev–Trinajstić information content (AvgIpc) is 3.28. The van der Waals surface area contributed by atoms with E-state index in [0.717, 1.165) is 16.0 Å². The molecule has 4 aromatic heterocycles. The first-order valence-electron chi connectivity index (χ1n) is 7.89. The number of carbonyl (C=O) groups is 1. The number of amides is 1. The lowest BCUT2D eigenvalue weighted by molar-refractivity contribution is -0.121. The molecule has 4 rings (SSSR count). The van der Waals surface area contributed by atoms with Crippen LogP contribution in [-0.4, -0.2) is 26.6 Å². The van der Waals surface area contributed by atoms with Crippen molar-refractivity contribution in [3.8, 4) is 0 Å². The summed E-state index contributed by atoms with van der Waals surface area (Å²) in [7, 11) is 0. The summed E-state index contributed by atoms with van der Waals surface area (Å²) in [6.07, 6.45) is 2.20. The predicted molar refractivity (Wildman–Crippen MR) is 95.0 cm³/mol. The second-order valence-electron chi connectivity index (χ2n) is 5.72. The van der Waals surface area contributed by atoms with Gasteiger partial charge in [-0.15, -0.1) is 11.3 Å². The average molecular weight is 356 g/mol. The zero-order valence-electron chi connectivity index (χ0n) is 13.6. The third kappa shape index (κ3) is 2.85. The van der Waals surface area contributed by atoms with Crippen molar-refractivity contribution in [3.05, 3.63) is 57.8 Å². The van der Waals surface area contributed by atoms with Crippen molar-refractivity contribution in [3.63, 3.8) is 0 Å². The largest absolute Gasteiger partial charge is 0.469 e. The van der Waals surface area contributed by atoms with E-state index in [1.54, 1.807) is 23.7 Å². The van der Waals surface area contributed by atoms with Gasteiger partial charge in [0.15, 0.2) is 0 Å². The predicted octanol–water partition coefficient (Wildman–Crippen LogP) is 1.97. The fraction of sp³-hybridized carbons (Fsp3) is 0.235. The molecule has 4 heterocycles. The summed E-state index contributed by atoms with van der Waals surface area (Å²) in [5.74, 6) is 1.23. The van der Waals surface area contributed by atoms with Gasteiger partial charge in [0, 0.05) is 13.0 Å². The quantitative estimate of drug-likeness (QED) is 0.593. The maximum absolute atomic E-state index is 12.6. The summed E-state index contributed by atoms with van der Waals surface area (Å²) in [5, 5.41) is 9.06. The van der Waals surface area contributed by atoms with E-state index in [2.05, 4.69) is 10.4 Å². The number of hydrogen-bond acceptors (Lipinski definition) is 5. The highest BCUT2D eigenvalue weighted by molar-refractivity contribution is 7.17. The fourth-order valence-corrected chi connectivity index (χ4v) is 3.71. The number of nitrogens with zero attached hydrogens (tertiary/aromatic N) is 3. The number of furan rings is 1. The monoisotopic (exact) mass is 356 g/mol. The van der Waals surface area contributed by atoms with E-state index in [0.29, 0.717) is 24.3 Å². The molecule has 0 radical (unpaired) electrons. The molecule has 0 fully saturated rings. The van der Waals surface area contributed by atoms with Gasteiger partial charge in [-0.05, 0) is 36.6 Å². The van der Waals surface area contributed by atoms with Crippen LogP contribution in [0.4, 0.5) is 0 Å². The molecule has 0 aliphatic rings. The highest BCUT2D eigenvalue weighted by atomic mass is 32.1. The number of rotatable bonds is 5. The van der Waals surface area contributed by atoms with Crippen LogP contribution in [0.3, 0.4) is 0 Å². The number of hydrogen-bond donors (Lipinski definition) is 1. The van der Waals surface area contributed by atoms with E-state index in [1.807, 2.05) is 34.9 Å². The Morgan fingerprint density at radius 2 is 2.24 bits per heavy atom. The number of aryl methyl sites for hydroxylation is 1. The van der Waals surface area contributed by atoms with Crippen LogP contribution in [0.15, 0.2) is 45.1 Å². The Labute approximate surface area is 146 Å². The van der Waals surface area contributed by atoms with Gasteiger partial charge in [-0.1, -0.05) is 0 Å². The molecular weight excluding hydrogens is 340 g/mol. The molecule has 0 unspecified atom stereocenters. The standard InChI is InChI=1S/C17H16N4O3S/c1-11-19-20(10-16(22)18-6-4-12-3-2-7-24-12)17(23)14-9-15-13(21(11)14)5-8-25-15/h2-3,5,7-9H,4,6,10H2,1H3,(H,18,22). The minimum absolute atomic E-state index is 0.104. The van der Waals surface area contributed by atoms with Crippen molar-refractivity contribution < 1.29 is 9.21 Å². The van der Waals surface area contributed by atoms with Crippen molar-refractivity contribution in [1.29, 1.82) is 0 Å².